The molecule has 2 unspecified atom stereocenters. The van der Waals surface area contributed by atoms with Crippen LogP contribution in [0.15, 0.2) is 0 Å². The molecule has 1 rings (SSSR count). The van der Waals surface area contributed by atoms with Gasteiger partial charge in [0, 0.05) is 13.1 Å². The molecule has 1 aliphatic rings. The topological polar surface area (TPSA) is 30.5 Å². The Kier molecular flexibility index (Phi) is 4.82. The van der Waals surface area contributed by atoms with Crippen molar-refractivity contribution in [2.45, 2.75) is 31.7 Å². The Labute approximate surface area is 86.9 Å². The Morgan fingerprint density at radius 2 is 2.13 bits per heavy atom. The number of ether oxygens (including phenoxy) is 2. The highest BCUT2D eigenvalue weighted by atomic mass is 19.4. The smallest absolute Gasteiger partial charge is 0.378 e. The number of halogens is 3. The van der Waals surface area contributed by atoms with Crippen molar-refractivity contribution in [2.24, 2.45) is 0 Å². The Morgan fingerprint density at radius 3 is 2.73 bits per heavy atom. The van der Waals surface area contributed by atoms with Gasteiger partial charge in [-0.05, 0) is 6.92 Å². The number of morpholine rings is 1. The molecule has 1 heterocycles. The van der Waals surface area contributed by atoms with Crippen LogP contribution < -0.4 is 5.32 Å². The summed E-state index contributed by atoms with van der Waals surface area (Å²) in [6.45, 7) is 3.25. The molecule has 0 radical (unpaired) electrons. The predicted molar refractivity (Wildman–Crippen MR) is 48.7 cm³/mol. The van der Waals surface area contributed by atoms with E-state index in [0.717, 1.165) is 6.54 Å². The summed E-state index contributed by atoms with van der Waals surface area (Å²) in [5, 5.41) is 3.11. The van der Waals surface area contributed by atoms with E-state index in [0.29, 0.717) is 6.54 Å². The number of rotatable bonds is 4. The van der Waals surface area contributed by atoms with E-state index in [1.54, 1.807) is 0 Å². The van der Waals surface area contributed by atoms with Crippen molar-refractivity contribution >= 4 is 0 Å². The van der Waals surface area contributed by atoms with Gasteiger partial charge in [0.15, 0.2) is 0 Å². The summed E-state index contributed by atoms with van der Waals surface area (Å²) >= 11 is 0. The Morgan fingerprint density at radius 1 is 1.40 bits per heavy atom. The largest absolute Gasteiger partial charge is 0.391 e. The van der Waals surface area contributed by atoms with Crippen molar-refractivity contribution in [1.82, 2.24) is 5.32 Å². The molecule has 1 aliphatic heterocycles. The van der Waals surface area contributed by atoms with Crippen LogP contribution in [0, 0.1) is 0 Å². The SMILES string of the molecule is CC1CNCC(COCCC(F)(F)F)O1. The maximum absolute atomic E-state index is 11.8. The Bertz CT molecular complexity index is 187. The van der Waals surface area contributed by atoms with Crippen molar-refractivity contribution in [3.05, 3.63) is 0 Å². The summed E-state index contributed by atoms with van der Waals surface area (Å²) in [7, 11) is 0. The second-order valence-electron chi connectivity index (χ2n) is 3.67. The molecule has 0 bridgehead atoms. The molecule has 0 aromatic carbocycles. The van der Waals surface area contributed by atoms with Crippen molar-refractivity contribution in [3.8, 4) is 0 Å². The van der Waals surface area contributed by atoms with E-state index in [-0.39, 0.29) is 25.4 Å². The molecular formula is C9H16F3NO2. The Hall–Kier alpha value is -0.330. The van der Waals surface area contributed by atoms with E-state index in [9.17, 15) is 13.2 Å². The van der Waals surface area contributed by atoms with E-state index in [2.05, 4.69) is 5.32 Å². The number of hydrogen-bond acceptors (Lipinski definition) is 3. The summed E-state index contributed by atoms with van der Waals surface area (Å²) in [6, 6.07) is 0. The number of alkyl halides is 3. The lowest BCUT2D eigenvalue weighted by Crippen LogP contribution is -2.45. The van der Waals surface area contributed by atoms with Crippen LogP contribution in [0.2, 0.25) is 0 Å². The molecule has 3 nitrogen and oxygen atoms in total. The lowest BCUT2D eigenvalue weighted by Gasteiger charge is -2.28. The first-order valence-corrected chi connectivity index (χ1v) is 4.98. The van der Waals surface area contributed by atoms with Crippen molar-refractivity contribution in [3.63, 3.8) is 0 Å². The Balaban J connectivity index is 2.04. The molecule has 0 aromatic heterocycles. The van der Waals surface area contributed by atoms with Crippen molar-refractivity contribution in [2.75, 3.05) is 26.3 Å². The van der Waals surface area contributed by atoms with E-state index in [1.807, 2.05) is 6.92 Å². The summed E-state index contributed by atoms with van der Waals surface area (Å²) < 4.78 is 45.6. The van der Waals surface area contributed by atoms with E-state index < -0.39 is 12.6 Å². The zero-order valence-electron chi connectivity index (χ0n) is 8.64. The summed E-state index contributed by atoms with van der Waals surface area (Å²) in [5.41, 5.74) is 0. The van der Waals surface area contributed by atoms with Crippen LogP contribution in [0.5, 0.6) is 0 Å². The minimum absolute atomic E-state index is 0.0926. The molecule has 15 heavy (non-hydrogen) atoms. The van der Waals surface area contributed by atoms with Gasteiger partial charge in [0.25, 0.3) is 0 Å². The van der Waals surface area contributed by atoms with Gasteiger partial charge < -0.3 is 14.8 Å². The molecule has 1 N–H and O–H groups in total. The van der Waals surface area contributed by atoms with E-state index >= 15 is 0 Å². The van der Waals surface area contributed by atoms with E-state index in [1.165, 1.54) is 0 Å². The van der Waals surface area contributed by atoms with Crippen LogP contribution in [0.4, 0.5) is 13.2 Å². The first-order valence-electron chi connectivity index (χ1n) is 4.98. The molecule has 2 atom stereocenters. The highest BCUT2D eigenvalue weighted by Crippen LogP contribution is 2.19. The van der Waals surface area contributed by atoms with Gasteiger partial charge in [-0.15, -0.1) is 0 Å². The molecule has 1 fully saturated rings. The van der Waals surface area contributed by atoms with Gasteiger partial charge in [-0.25, -0.2) is 0 Å². The average molecular weight is 227 g/mol. The zero-order valence-corrected chi connectivity index (χ0v) is 8.64. The van der Waals surface area contributed by atoms with Crippen molar-refractivity contribution in [1.29, 1.82) is 0 Å². The van der Waals surface area contributed by atoms with Crippen LogP contribution in [-0.4, -0.2) is 44.7 Å². The van der Waals surface area contributed by atoms with Crippen LogP contribution in [0.25, 0.3) is 0 Å². The van der Waals surface area contributed by atoms with Gasteiger partial charge in [-0.2, -0.15) is 13.2 Å². The van der Waals surface area contributed by atoms with Crippen LogP contribution in [0.1, 0.15) is 13.3 Å². The van der Waals surface area contributed by atoms with Crippen molar-refractivity contribution < 1.29 is 22.6 Å². The third-order valence-corrected chi connectivity index (χ3v) is 2.06. The molecule has 0 aliphatic carbocycles. The third kappa shape index (κ3) is 5.96. The fourth-order valence-corrected chi connectivity index (χ4v) is 1.37. The molecule has 0 amide bonds. The fraction of sp³-hybridized carbons (Fsp3) is 1.00. The second-order valence-corrected chi connectivity index (χ2v) is 3.67. The van der Waals surface area contributed by atoms with Gasteiger partial charge in [-0.3, -0.25) is 0 Å². The molecule has 0 aromatic rings. The van der Waals surface area contributed by atoms with Gasteiger partial charge in [0.05, 0.1) is 31.8 Å². The van der Waals surface area contributed by atoms with Gasteiger partial charge in [-0.1, -0.05) is 0 Å². The number of nitrogens with one attached hydrogen (secondary N) is 1. The first kappa shape index (κ1) is 12.7. The summed E-state index contributed by atoms with van der Waals surface area (Å²) in [5.74, 6) is 0. The molecule has 90 valence electrons. The molecular weight excluding hydrogens is 211 g/mol. The quantitative estimate of drug-likeness (QED) is 0.735. The minimum atomic E-state index is -4.14. The third-order valence-electron chi connectivity index (χ3n) is 2.06. The summed E-state index contributed by atoms with van der Waals surface area (Å²) in [6.07, 6.45) is -5.08. The van der Waals surface area contributed by atoms with Crippen LogP contribution in [0.3, 0.4) is 0 Å². The predicted octanol–water partition coefficient (Wildman–Crippen LogP) is 1.33. The minimum Gasteiger partial charge on any atom is -0.378 e. The van der Waals surface area contributed by atoms with Crippen LogP contribution in [-0.2, 0) is 9.47 Å². The second kappa shape index (κ2) is 5.67. The van der Waals surface area contributed by atoms with E-state index in [4.69, 9.17) is 9.47 Å². The number of hydrogen-bond donors (Lipinski definition) is 1. The summed E-state index contributed by atoms with van der Waals surface area (Å²) in [4.78, 5) is 0. The van der Waals surface area contributed by atoms with Gasteiger partial charge >= 0.3 is 6.18 Å². The highest BCUT2D eigenvalue weighted by molar-refractivity contribution is 4.71. The van der Waals surface area contributed by atoms with Gasteiger partial charge in [0.1, 0.15) is 0 Å². The lowest BCUT2D eigenvalue weighted by molar-refractivity contribution is -0.150. The average Bonchev–Trinajstić information content (AvgIpc) is 2.11. The fourth-order valence-electron chi connectivity index (χ4n) is 1.37. The molecule has 6 heteroatoms. The monoisotopic (exact) mass is 227 g/mol. The highest BCUT2D eigenvalue weighted by Gasteiger charge is 2.27. The normalized spacial score (nSPS) is 28.0. The standard InChI is InChI=1S/C9H16F3NO2/c1-7-4-13-5-8(15-7)6-14-3-2-9(10,11)12/h7-8,13H,2-6H2,1H3. The van der Waals surface area contributed by atoms with Crippen LogP contribution >= 0.6 is 0 Å². The zero-order chi connectivity index (χ0) is 11.3. The maximum atomic E-state index is 11.8. The maximum Gasteiger partial charge on any atom is 0.391 e. The molecule has 0 spiro atoms. The molecule has 1 saturated heterocycles. The molecule has 0 saturated carbocycles. The van der Waals surface area contributed by atoms with Gasteiger partial charge in [0.2, 0.25) is 0 Å². The lowest BCUT2D eigenvalue weighted by atomic mass is 10.2. The first-order chi connectivity index (χ1) is 6.97.